The van der Waals surface area contributed by atoms with Crippen molar-refractivity contribution in [2.45, 2.75) is 26.7 Å². The van der Waals surface area contributed by atoms with Crippen LogP contribution < -0.4 is 5.73 Å². The molecule has 0 bridgehead atoms. The van der Waals surface area contributed by atoms with Gasteiger partial charge in [0.1, 0.15) is 5.69 Å². The summed E-state index contributed by atoms with van der Waals surface area (Å²) in [5.74, 6) is 1.03. The van der Waals surface area contributed by atoms with Crippen LogP contribution in [-0.4, -0.2) is 19.6 Å². The number of nitrogen functional groups attached to an aromatic ring is 1. The fourth-order valence-corrected chi connectivity index (χ4v) is 1.93. The molecule has 0 saturated carbocycles. The number of anilines is 1. The first-order chi connectivity index (χ1) is 7.91. The molecule has 0 saturated heterocycles. The summed E-state index contributed by atoms with van der Waals surface area (Å²) < 4.78 is 3.40. The molecule has 0 aliphatic rings. The lowest BCUT2D eigenvalue weighted by Crippen LogP contribution is -2.05. The largest absolute Gasteiger partial charge is 0.394 e. The predicted octanol–water partition coefficient (Wildman–Crippen LogP) is 2.27. The van der Waals surface area contributed by atoms with E-state index < -0.39 is 0 Å². The molecule has 0 amide bonds. The van der Waals surface area contributed by atoms with Gasteiger partial charge < -0.3 is 5.73 Å². The van der Waals surface area contributed by atoms with Crippen LogP contribution in [0.15, 0.2) is 6.20 Å². The molecule has 17 heavy (non-hydrogen) atoms. The van der Waals surface area contributed by atoms with Gasteiger partial charge in [0, 0.05) is 7.05 Å². The molecule has 0 aliphatic heterocycles. The Kier molecular flexibility index (Phi) is 2.87. The molecular weight excluding hydrogens is 238 g/mol. The second kappa shape index (κ2) is 4.07. The van der Waals surface area contributed by atoms with Crippen LogP contribution >= 0.6 is 11.6 Å². The van der Waals surface area contributed by atoms with E-state index in [1.54, 1.807) is 15.6 Å². The molecule has 92 valence electrons. The molecule has 2 heterocycles. The smallest absolute Gasteiger partial charge is 0.175 e. The van der Waals surface area contributed by atoms with E-state index >= 15 is 0 Å². The van der Waals surface area contributed by atoms with Crippen LogP contribution in [0, 0.1) is 6.92 Å². The Morgan fingerprint density at radius 1 is 1.35 bits per heavy atom. The van der Waals surface area contributed by atoms with Crippen LogP contribution in [0.3, 0.4) is 0 Å². The van der Waals surface area contributed by atoms with Crippen molar-refractivity contribution in [3.05, 3.63) is 22.6 Å². The van der Waals surface area contributed by atoms with Crippen LogP contribution in [0.1, 0.15) is 31.2 Å². The fraction of sp³-hybridized carbons (Fsp3) is 0.455. The Bertz CT molecular complexity index is 533. The zero-order valence-corrected chi connectivity index (χ0v) is 11.2. The van der Waals surface area contributed by atoms with Crippen LogP contribution in [-0.2, 0) is 7.05 Å². The molecule has 2 rings (SSSR count). The number of aromatic nitrogens is 4. The highest BCUT2D eigenvalue weighted by atomic mass is 35.5. The van der Waals surface area contributed by atoms with Crippen molar-refractivity contribution < 1.29 is 0 Å². The Labute approximate surface area is 105 Å². The van der Waals surface area contributed by atoms with Crippen molar-refractivity contribution in [3.63, 3.8) is 0 Å². The lowest BCUT2D eigenvalue weighted by Gasteiger charge is -2.03. The van der Waals surface area contributed by atoms with Crippen LogP contribution in [0.5, 0.6) is 0 Å². The van der Waals surface area contributed by atoms with Gasteiger partial charge in [0.25, 0.3) is 0 Å². The van der Waals surface area contributed by atoms with Gasteiger partial charge in [0.2, 0.25) is 0 Å². The van der Waals surface area contributed by atoms with Crippen molar-refractivity contribution in [1.29, 1.82) is 0 Å². The molecule has 2 aromatic heterocycles. The number of rotatable bonds is 2. The van der Waals surface area contributed by atoms with Crippen molar-refractivity contribution in [2.75, 3.05) is 5.73 Å². The SMILES string of the molecule is Cc1nn(-c2c(N)c(C(C)C)nn2C)cc1Cl. The van der Waals surface area contributed by atoms with E-state index in [-0.39, 0.29) is 5.92 Å². The lowest BCUT2D eigenvalue weighted by molar-refractivity contribution is 0.674. The first kappa shape index (κ1) is 12.0. The maximum atomic E-state index is 6.11. The number of hydrogen-bond acceptors (Lipinski definition) is 3. The second-order valence-corrected chi connectivity index (χ2v) is 4.82. The third-order valence-electron chi connectivity index (χ3n) is 2.68. The second-order valence-electron chi connectivity index (χ2n) is 4.41. The van der Waals surface area contributed by atoms with Crippen LogP contribution in [0.25, 0.3) is 5.82 Å². The van der Waals surface area contributed by atoms with Gasteiger partial charge in [-0.15, -0.1) is 0 Å². The van der Waals surface area contributed by atoms with Gasteiger partial charge in [-0.3, -0.25) is 0 Å². The van der Waals surface area contributed by atoms with E-state index in [0.717, 1.165) is 17.2 Å². The van der Waals surface area contributed by atoms with Crippen molar-refractivity contribution >= 4 is 17.3 Å². The van der Waals surface area contributed by atoms with E-state index in [1.165, 1.54) is 0 Å². The van der Waals surface area contributed by atoms with E-state index in [0.29, 0.717) is 10.7 Å². The molecule has 0 fully saturated rings. The highest BCUT2D eigenvalue weighted by molar-refractivity contribution is 6.31. The highest BCUT2D eigenvalue weighted by Gasteiger charge is 2.18. The fourth-order valence-electron chi connectivity index (χ4n) is 1.80. The van der Waals surface area contributed by atoms with E-state index in [9.17, 15) is 0 Å². The topological polar surface area (TPSA) is 61.7 Å². The van der Waals surface area contributed by atoms with E-state index in [1.807, 2.05) is 14.0 Å². The number of hydrogen-bond donors (Lipinski definition) is 1. The Morgan fingerprint density at radius 2 is 2.00 bits per heavy atom. The highest BCUT2D eigenvalue weighted by Crippen LogP contribution is 2.27. The summed E-state index contributed by atoms with van der Waals surface area (Å²) in [4.78, 5) is 0. The average molecular weight is 254 g/mol. The summed E-state index contributed by atoms with van der Waals surface area (Å²) in [5, 5.41) is 9.35. The minimum atomic E-state index is 0.280. The van der Waals surface area contributed by atoms with Gasteiger partial charge in [-0.05, 0) is 12.8 Å². The van der Waals surface area contributed by atoms with Crippen molar-refractivity contribution in [1.82, 2.24) is 19.6 Å². The minimum absolute atomic E-state index is 0.280. The molecule has 0 unspecified atom stereocenters. The molecule has 2 aromatic rings. The van der Waals surface area contributed by atoms with Gasteiger partial charge in [-0.1, -0.05) is 25.4 Å². The number of nitrogens with two attached hydrogens (primary N) is 1. The minimum Gasteiger partial charge on any atom is -0.394 e. The number of halogens is 1. The van der Waals surface area contributed by atoms with Gasteiger partial charge in [0.05, 0.1) is 22.6 Å². The third kappa shape index (κ3) is 1.91. The van der Waals surface area contributed by atoms with Gasteiger partial charge in [-0.25, -0.2) is 9.36 Å². The summed E-state index contributed by atoms with van der Waals surface area (Å²) in [6.07, 6.45) is 1.74. The summed E-state index contributed by atoms with van der Waals surface area (Å²) in [5.41, 5.74) is 8.42. The molecule has 0 aromatic carbocycles. The zero-order chi connectivity index (χ0) is 12.7. The molecular formula is C11H16ClN5. The van der Waals surface area contributed by atoms with Gasteiger partial charge in [-0.2, -0.15) is 10.2 Å². The van der Waals surface area contributed by atoms with Crippen molar-refractivity contribution in [2.24, 2.45) is 7.05 Å². The molecule has 6 heteroatoms. The lowest BCUT2D eigenvalue weighted by atomic mass is 10.1. The normalized spacial score (nSPS) is 11.4. The third-order valence-corrected chi connectivity index (χ3v) is 3.06. The zero-order valence-electron chi connectivity index (χ0n) is 10.4. The Balaban J connectivity index is 2.59. The summed E-state index contributed by atoms with van der Waals surface area (Å²) in [6, 6.07) is 0. The first-order valence-electron chi connectivity index (χ1n) is 5.46. The predicted molar refractivity (Wildman–Crippen MR) is 68.6 cm³/mol. The van der Waals surface area contributed by atoms with E-state index in [2.05, 4.69) is 24.0 Å². The molecule has 0 radical (unpaired) electrons. The molecule has 0 aliphatic carbocycles. The van der Waals surface area contributed by atoms with Crippen molar-refractivity contribution in [3.8, 4) is 5.82 Å². The summed E-state index contributed by atoms with van der Waals surface area (Å²) in [6.45, 7) is 5.97. The average Bonchev–Trinajstić information content (AvgIpc) is 2.69. The maximum Gasteiger partial charge on any atom is 0.175 e. The molecule has 0 spiro atoms. The standard InChI is InChI=1S/C11H16ClN5/c1-6(2)10-9(13)11(16(4)15-10)17-5-8(12)7(3)14-17/h5-6H,13H2,1-4H3. The quantitative estimate of drug-likeness (QED) is 0.893. The summed E-state index contributed by atoms with van der Waals surface area (Å²) in [7, 11) is 1.85. The maximum absolute atomic E-state index is 6.11. The Morgan fingerprint density at radius 3 is 2.41 bits per heavy atom. The summed E-state index contributed by atoms with van der Waals surface area (Å²) >= 11 is 6.00. The first-order valence-corrected chi connectivity index (χ1v) is 5.84. The molecule has 0 atom stereocenters. The number of aryl methyl sites for hydroxylation is 2. The number of nitrogens with zero attached hydrogens (tertiary/aromatic N) is 4. The van der Waals surface area contributed by atoms with Gasteiger partial charge in [0.15, 0.2) is 5.82 Å². The molecule has 5 nitrogen and oxygen atoms in total. The molecule has 2 N–H and O–H groups in total. The Hall–Kier alpha value is -1.49. The van der Waals surface area contributed by atoms with Crippen LogP contribution in [0.2, 0.25) is 5.02 Å². The van der Waals surface area contributed by atoms with Gasteiger partial charge >= 0.3 is 0 Å². The van der Waals surface area contributed by atoms with Crippen LogP contribution in [0.4, 0.5) is 5.69 Å². The van der Waals surface area contributed by atoms with E-state index in [4.69, 9.17) is 17.3 Å². The monoisotopic (exact) mass is 253 g/mol.